The highest BCUT2D eigenvalue weighted by atomic mass is 16.1. The molecule has 1 saturated heterocycles. The molecule has 1 atom stereocenters. The number of nitrogens with zero attached hydrogens (tertiary/aromatic N) is 2. The van der Waals surface area contributed by atoms with E-state index < -0.39 is 0 Å². The Morgan fingerprint density at radius 2 is 1.82 bits per heavy atom. The summed E-state index contributed by atoms with van der Waals surface area (Å²) in [6, 6.07) is 9.45. The van der Waals surface area contributed by atoms with Crippen LogP contribution in [0.4, 0.5) is 5.69 Å². The van der Waals surface area contributed by atoms with Gasteiger partial charge in [-0.05, 0) is 38.3 Å². The number of hydrogen-bond donors (Lipinski definition) is 3. The van der Waals surface area contributed by atoms with E-state index in [-0.39, 0.29) is 5.91 Å². The number of benzene rings is 1. The van der Waals surface area contributed by atoms with Crippen LogP contribution in [0.25, 0.3) is 0 Å². The number of anilines is 1. The smallest absolute Gasteiger partial charge is 0.221 e. The molecule has 154 valence electrons. The van der Waals surface area contributed by atoms with Gasteiger partial charge in [-0.3, -0.25) is 9.79 Å². The standard InChI is InChI=1S/C22H35N5O/c1-17-8-10-20(11-9-17)27-15-13-19(16-27)26-22(23-2)24-14-12-21(28)25-18-6-4-3-5-7-18/h8-11,18-19H,3-7,12-16H2,1-2H3,(H,25,28)(H2,23,24,26). The van der Waals surface area contributed by atoms with E-state index in [0.717, 1.165) is 38.3 Å². The largest absolute Gasteiger partial charge is 0.369 e. The maximum atomic E-state index is 12.1. The van der Waals surface area contributed by atoms with Crippen LogP contribution in [0.5, 0.6) is 0 Å². The first kappa shape index (κ1) is 20.5. The van der Waals surface area contributed by atoms with Gasteiger partial charge in [0.25, 0.3) is 0 Å². The third kappa shape index (κ3) is 6.14. The Bertz CT molecular complexity index is 651. The first-order valence-corrected chi connectivity index (χ1v) is 10.7. The molecule has 1 aromatic carbocycles. The molecule has 0 radical (unpaired) electrons. The molecule has 1 aromatic rings. The van der Waals surface area contributed by atoms with Gasteiger partial charge in [0.2, 0.25) is 5.91 Å². The lowest BCUT2D eigenvalue weighted by Crippen LogP contribution is -2.46. The highest BCUT2D eigenvalue weighted by Gasteiger charge is 2.23. The van der Waals surface area contributed by atoms with Crippen LogP contribution < -0.4 is 20.9 Å². The first-order valence-electron chi connectivity index (χ1n) is 10.7. The molecule has 3 N–H and O–H groups in total. The summed E-state index contributed by atoms with van der Waals surface area (Å²) >= 11 is 0. The second-order valence-corrected chi connectivity index (χ2v) is 8.06. The van der Waals surface area contributed by atoms with Crippen molar-refractivity contribution < 1.29 is 4.79 Å². The number of nitrogens with one attached hydrogen (secondary N) is 3. The van der Waals surface area contributed by atoms with Gasteiger partial charge < -0.3 is 20.9 Å². The van der Waals surface area contributed by atoms with Gasteiger partial charge in [-0.25, -0.2) is 0 Å². The Balaban J connectivity index is 1.36. The molecular formula is C22H35N5O. The van der Waals surface area contributed by atoms with Crippen LogP contribution >= 0.6 is 0 Å². The van der Waals surface area contributed by atoms with Crippen LogP contribution in [0.1, 0.15) is 50.5 Å². The lowest BCUT2D eigenvalue weighted by Gasteiger charge is -2.23. The van der Waals surface area contributed by atoms with E-state index >= 15 is 0 Å². The Kier molecular flexibility index (Phi) is 7.57. The number of hydrogen-bond acceptors (Lipinski definition) is 3. The van der Waals surface area contributed by atoms with E-state index in [1.807, 2.05) is 0 Å². The van der Waals surface area contributed by atoms with Gasteiger partial charge in [0.15, 0.2) is 5.96 Å². The van der Waals surface area contributed by atoms with Gasteiger partial charge in [0.05, 0.1) is 0 Å². The van der Waals surface area contributed by atoms with Gasteiger partial charge in [0, 0.05) is 50.9 Å². The van der Waals surface area contributed by atoms with E-state index in [9.17, 15) is 4.79 Å². The second-order valence-electron chi connectivity index (χ2n) is 8.06. The molecule has 1 unspecified atom stereocenters. The van der Waals surface area contributed by atoms with Crippen molar-refractivity contribution in [3.05, 3.63) is 29.8 Å². The summed E-state index contributed by atoms with van der Waals surface area (Å²) in [7, 11) is 1.78. The van der Waals surface area contributed by atoms with Crippen LogP contribution in [0.2, 0.25) is 0 Å². The zero-order chi connectivity index (χ0) is 19.8. The lowest BCUT2D eigenvalue weighted by molar-refractivity contribution is -0.121. The average Bonchev–Trinajstić information content (AvgIpc) is 3.17. The number of aryl methyl sites for hydroxylation is 1. The lowest BCUT2D eigenvalue weighted by atomic mass is 9.95. The second kappa shape index (κ2) is 10.3. The quantitative estimate of drug-likeness (QED) is 0.520. The molecule has 2 fully saturated rings. The van der Waals surface area contributed by atoms with Crippen LogP contribution in [0.15, 0.2) is 29.3 Å². The molecule has 0 spiro atoms. The molecule has 0 bridgehead atoms. The summed E-state index contributed by atoms with van der Waals surface area (Å²) < 4.78 is 0. The van der Waals surface area contributed by atoms with Gasteiger partial charge >= 0.3 is 0 Å². The Morgan fingerprint density at radius 1 is 1.07 bits per heavy atom. The molecule has 1 saturated carbocycles. The van der Waals surface area contributed by atoms with Gasteiger partial charge in [-0.15, -0.1) is 0 Å². The van der Waals surface area contributed by atoms with E-state index in [2.05, 4.69) is 57.0 Å². The van der Waals surface area contributed by atoms with Crippen molar-refractivity contribution >= 4 is 17.6 Å². The average molecular weight is 386 g/mol. The monoisotopic (exact) mass is 385 g/mol. The van der Waals surface area contributed by atoms with Gasteiger partial charge in [-0.1, -0.05) is 37.0 Å². The van der Waals surface area contributed by atoms with Crippen molar-refractivity contribution in [1.82, 2.24) is 16.0 Å². The molecule has 28 heavy (non-hydrogen) atoms. The van der Waals surface area contributed by atoms with Crippen molar-refractivity contribution in [2.75, 3.05) is 31.6 Å². The molecule has 0 aromatic heterocycles. The zero-order valence-electron chi connectivity index (χ0n) is 17.3. The fraction of sp³-hybridized carbons (Fsp3) is 0.636. The Hall–Kier alpha value is -2.24. The summed E-state index contributed by atoms with van der Waals surface area (Å²) in [5, 5.41) is 9.95. The highest BCUT2D eigenvalue weighted by molar-refractivity contribution is 5.81. The van der Waals surface area contributed by atoms with Gasteiger partial charge in [0.1, 0.15) is 0 Å². The van der Waals surface area contributed by atoms with E-state index in [1.54, 1.807) is 7.05 Å². The van der Waals surface area contributed by atoms with Crippen LogP contribution in [-0.4, -0.2) is 50.6 Å². The van der Waals surface area contributed by atoms with Crippen LogP contribution in [0.3, 0.4) is 0 Å². The molecule has 2 aliphatic rings. The van der Waals surface area contributed by atoms with E-state index in [0.29, 0.717) is 25.0 Å². The molecular weight excluding hydrogens is 350 g/mol. The van der Waals surface area contributed by atoms with Crippen LogP contribution in [-0.2, 0) is 4.79 Å². The number of amides is 1. The van der Waals surface area contributed by atoms with Crippen molar-refractivity contribution in [3.63, 3.8) is 0 Å². The normalized spacial score (nSPS) is 20.9. The van der Waals surface area contributed by atoms with E-state index in [1.165, 1.54) is 30.5 Å². The van der Waals surface area contributed by atoms with Gasteiger partial charge in [-0.2, -0.15) is 0 Å². The maximum absolute atomic E-state index is 12.1. The minimum Gasteiger partial charge on any atom is -0.369 e. The number of rotatable bonds is 6. The summed E-state index contributed by atoms with van der Waals surface area (Å²) in [6.45, 7) is 4.73. The Labute approximate surface area is 169 Å². The predicted octanol–water partition coefficient (Wildman–Crippen LogP) is 2.58. The molecule has 1 aliphatic carbocycles. The van der Waals surface area contributed by atoms with E-state index in [4.69, 9.17) is 0 Å². The van der Waals surface area contributed by atoms with Crippen molar-refractivity contribution in [2.24, 2.45) is 4.99 Å². The third-order valence-corrected chi connectivity index (χ3v) is 5.77. The maximum Gasteiger partial charge on any atom is 0.221 e. The summed E-state index contributed by atoms with van der Waals surface area (Å²) in [6.07, 6.45) is 7.59. The molecule has 6 nitrogen and oxygen atoms in total. The Morgan fingerprint density at radius 3 is 2.54 bits per heavy atom. The fourth-order valence-electron chi connectivity index (χ4n) is 4.10. The number of guanidine groups is 1. The topological polar surface area (TPSA) is 68.8 Å². The van der Waals surface area contributed by atoms with Crippen LogP contribution in [0, 0.1) is 6.92 Å². The third-order valence-electron chi connectivity index (χ3n) is 5.77. The summed E-state index contributed by atoms with van der Waals surface area (Å²) in [5.41, 5.74) is 2.56. The molecule has 6 heteroatoms. The number of carbonyl (C=O) groups excluding carboxylic acids is 1. The molecule has 1 aliphatic heterocycles. The SMILES string of the molecule is CN=C(NCCC(=O)NC1CCCCC1)NC1CCN(c2ccc(C)cc2)C1. The first-order chi connectivity index (χ1) is 13.6. The highest BCUT2D eigenvalue weighted by Crippen LogP contribution is 2.20. The molecule has 3 rings (SSSR count). The van der Waals surface area contributed by atoms with Crippen molar-refractivity contribution in [2.45, 2.75) is 64.0 Å². The number of carbonyl (C=O) groups is 1. The molecule has 1 heterocycles. The minimum absolute atomic E-state index is 0.140. The predicted molar refractivity (Wildman–Crippen MR) is 116 cm³/mol. The molecule has 1 amide bonds. The number of aliphatic imine (C=N–C) groups is 1. The van der Waals surface area contributed by atoms with Crippen molar-refractivity contribution in [3.8, 4) is 0 Å². The van der Waals surface area contributed by atoms with Crippen molar-refractivity contribution in [1.29, 1.82) is 0 Å². The summed E-state index contributed by atoms with van der Waals surface area (Å²) in [5.74, 6) is 0.919. The summed E-state index contributed by atoms with van der Waals surface area (Å²) in [4.78, 5) is 18.9. The minimum atomic E-state index is 0.140. The zero-order valence-corrected chi connectivity index (χ0v) is 17.3. The fourth-order valence-corrected chi connectivity index (χ4v) is 4.10.